The Balaban J connectivity index is 1.93. The largest absolute Gasteiger partial charge is 0.389 e. The summed E-state index contributed by atoms with van der Waals surface area (Å²) in [4.78, 5) is 2.35. The Morgan fingerprint density at radius 3 is 2.81 bits per heavy atom. The molecule has 0 spiro atoms. The topological polar surface area (TPSA) is 58.7 Å². The van der Waals surface area contributed by atoms with E-state index in [0.717, 1.165) is 52.1 Å². The number of hydrogen-bond acceptors (Lipinski definition) is 4. The molecule has 94 valence electrons. The van der Waals surface area contributed by atoms with Crippen LogP contribution in [0.1, 0.15) is 26.2 Å². The molecule has 4 heteroatoms. The molecule has 0 saturated carbocycles. The number of ether oxygens (including phenoxy) is 1. The van der Waals surface area contributed by atoms with Gasteiger partial charge >= 0.3 is 0 Å². The van der Waals surface area contributed by atoms with Crippen molar-refractivity contribution < 1.29 is 9.84 Å². The highest BCUT2D eigenvalue weighted by Gasteiger charge is 2.38. The van der Waals surface area contributed by atoms with Crippen LogP contribution < -0.4 is 5.73 Å². The fraction of sp³-hybridized carbons (Fsp3) is 1.00. The Hall–Kier alpha value is -0.160. The lowest BCUT2D eigenvalue weighted by Crippen LogP contribution is -2.51. The monoisotopic (exact) mass is 228 g/mol. The number of piperidine rings is 1. The predicted octanol–water partition coefficient (Wildman–Crippen LogP) is 0.199. The van der Waals surface area contributed by atoms with Gasteiger partial charge in [0.25, 0.3) is 0 Å². The molecule has 0 aromatic heterocycles. The molecule has 4 nitrogen and oxygen atoms in total. The average molecular weight is 228 g/mol. The summed E-state index contributed by atoms with van der Waals surface area (Å²) < 4.78 is 5.48. The first-order valence-electron chi connectivity index (χ1n) is 6.28. The van der Waals surface area contributed by atoms with Crippen LogP contribution in [-0.2, 0) is 4.74 Å². The molecule has 2 aliphatic rings. The second-order valence-electron chi connectivity index (χ2n) is 5.82. The standard InChI is InChI=1S/C12H24N2O2/c1-11(15)3-2-5-14(8-11)9-12(7-13)4-6-16-10-12/h15H,2-10,13H2,1H3. The number of likely N-dealkylation sites (tertiary alicyclic amines) is 1. The molecule has 2 rings (SSSR count). The van der Waals surface area contributed by atoms with Gasteiger partial charge in [0.1, 0.15) is 0 Å². The summed E-state index contributed by atoms with van der Waals surface area (Å²) >= 11 is 0. The van der Waals surface area contributed by atoms with Crippen molar-refractivity contribution in [3.05, 3.63) is 0 Å². The number of nitrogens with zero attached hydrogens (tertiary/aromatic N) is 1. The van der Waals surface area contributed by atoms with Gasteiger partial charge in [-0.2, -0.15) is 0 Å². The Kier molecular flexibility index (Phi) is 3.54. The van der Waals surface area contributed by atoms with Crippen LogP contribution in [0, 0.1) is 5.41 Å². The first-order valence-corrected chi connectivity index (χ1v) is 6.28. The number of rotatable bonds is 3. The quantitative estimate of drug-likeness (QED) is 0.724. The smallest absolute Gasteiger partial charge is 0.0746 e. The van der Waals surface area contributed by atoms with Gasteiger partial charge in [-0.3, -0.25) is 4.90 Å². The van der Waals surface area contributed by atoms with Gasteiger partial charge in [0, 0.05) is 31.7 Å². The average Bonchev–Trinajstić information content (AvgIpc) is 2.65. The fourth-order valence-corrected chi connectivity index (χ4v) is 2.93. The SMILES string of the molecule is CC1(O)CCCN(CC2(CN)CCOC2)C1. The van der Waals surface area contributed by atoms with Crippen molar-refractivity contribution in [2.75, 3.05) is 39.4 Å². The van der Waals surface area contributed by atoms with E-state index in [2.05, 4.69) is 4.90 Å². The predicted molar refractivity (Wildman–Crippen MR) is 63.2 cm³/mol. The maximum Gasteiger partial charge on any atom is 0.0746 e. The normalized spacial score (nSPS) is 41.4. The van der Waals surface area contributed by atoms with Crippen LogP contribution in [0.5, 0.6) is 0 Å². The van der Waals surface area contributed by atoms with E-state index in [-0.39, 0.29) is 5.41 Å². The minimum atomic E-state index is -0.520. The molecule has 0 aromatic rings. The van der Waals surface area contributed by atoms with Crippen molar-refractivity contribution in [3.63, 3.8) is 0 Å². The Bertz CT molecular complexity index is 237. The molecule has 2 atom stereocenters. The second-order valence-corrected chi connectivity index (χ2v) is 5.82. The molecule has 0 amide bonds. The van der Waals surface area contributed by atoms with Crippen molar-refractivity contribution in [2.45, 2.75) is 31.8 Å². The van der Waals surface area contributed by atoms with E-state index in [1.807, 2.05) is 6.92 Å². The highest BCUT2D eigenvalue weighted by Crippen LogP contribution is 2.30. The minimum Gasteiger partial charge on any atom is -0.389 e. The van der Waals surface area contributed by atoms with E-state index in [1.165, 1.54) is 0 Å². The number of β-amino-alcohol motifs (C(OH)–C–C–N with tert-alkyl or cyclic N) is 1. The highest BCUT2D eigenvalue weighted by atomic mass is 16.5. The number of aliphatic hydroxyl groups is 1. The van der Waals surface area contributed by atoms with Gasteiger partial charge in [-0.1, -0.05) is 0 Å². The van der Waals surface area contributed by atoms with Crippen molar-refractivity contribution in [2.24, 2.45) is 11.1 Å². The van der Waals surface area contributed by atoms with Gasteiger partial charge in [0.15, 0.2) is 0 Å². The molecule has 2 unspecified atom stereocenters. The van der Waals surface area contributed by atoms with Crippen LogP contribution in [-0.4, -0.2) is 55.0 Å². The lowest BCUT2D eigenvalue weighted by Gasteiger charge is -2.41. The second kappa shape index (κ2) is 4.61. The summed E-state index contributed by atoms with van der Waals surface area (Å²) in [6.45, 7) is 7.06. The molecular weight excluding hydrogens is 204 g/mol. The highest BCUT2D eigenvalue weighted by molar-refractivity contribution is 4.91. The summed E-state index contributed by atoms with van der Waals surface area (Å²) in [5.41, 5.74) is 5.50. The van der Waals surface area contributed by atoms with Crippen LogP contribution >= 0.6 is 0 Å². The Morgan fingerprint density at radius 2 is 2.25 bits per heavy atom. The first-order chi connectivity index (χ1) is 7.55. The van der Waals surface area contributed by atoms with E-state index >= 15 is 0 Å². The maximum absolute atomic E-state index is 10.1. The van der Waals surface area contributed by atoms with Crippen molar-refractivity contribution >= 4 is 0 Å². The van der Waals surface area contributed by atoms with Gasteiger partial charge in [0.2, 0.25) is 0 Å². The molecule has 0 aromatic carbocycles. The Morgan fingerprint density at radius 1 is 1.44 bits per heavy atom. The summed E-state index contributed by atoms with van der Waals surface area (Å²) in [5, 5.41) is 10.1. The molecule has 0 aliphatic carbocycles. The zero-order valence-electron chi connectivity index (χ0n) is 10.2. The minimum absolute atomic E-state index is 0.132. The first kappa shape index (κ1) is 12.3. The van der Waals surface area contributed by atoms with Crippen LogP contribution in [0.25, 0.3) is 0 Å². The molecule has 2 aliphatic heterocycles. The van der Waals surface area contributed by atoms with E-state index in [4.69, 9.17) is 10.5 Å². The maximum atomic E-state index is 10.1. The van der Waals surface area contributed by atoms with Crippen LogP contribution in [0.15, 0.2) is 0 Å². The third-order valence-corrected chi connectivity index (χ3v) is 3.93. The van der Waals surface area contributed by atoms with Crippen LogP contribution in [0.4, 0.5) is 0 Å². The van der Waals surface area contributed by atoms with E-state index in [0.29, 0.717) is 6.54 Å². The zero-order valence-corrected chi connectivity index (χ0v) is 10.2. The van der Waals surface area contributed by atoms with Crippen molar-refractivity contribution in [3.8, 4) is 0 Å². The third kappa shape index (κ3) is 2.74. The summed E-state index contributed by atoms with van der Waals surface area (Å²) in [6.07, 6.45) is 3.05. The zero-order chi connectivity index (χ0) is 11.6. The van der Waals surface area contributed by atoms with Crippen molar-refractivity contribution in [1.82, 2.24) is 4.90 Å². The molecular formula is C12H24N2O2. The molecule has 0 radical (unpaired) electrons. The summed E-state index contributed by atoms with van der Waals surface area (Å²) in [5.74, 6) is 0. The third-order valence-electron chi connectivity index (χ3n) is 3.93. The molecule has 0 bridgehead atoms. The van der Waals surface area contributed by atoms with E-state index < -0.39 is 5.60 Å². The molecule has 2 saturated heterocycles. The van der Waals surface area contributed by atoms with E-state index in [1.54, 1.807) is 0 Å². The molecule has 3 N–H and O–H groups in total. The molecule has 2 fully saturated rings. The van der Waals surface area contributed by atoms with Crippen LogP contribution in [0.3, 0.4) is 0 Å². The lowest BCUT2D eigenvalue weighted by molar-refractivity contribution is -0.0287. The number of hydrogen-bond donors (Lipinski definition) is 2. The molecule has 16 heavy (non-hydrogen) atoms. The van der Waals surface area contributed by atoms with E-state index in [9.17, 15) is 5.11 Å². The van der Waals surface area contributed by atoms with Crippen LogP contribution in [0.2, 0.25) is 0 Å². The van der Waals surface area contributed by atoms with Gasteiger partial charge in [-0.05, 0) is 32.7 Å². The van der Waals surface area contributed by atoms with Gasteiger partial charge in [-0.25, -0.2) is 0 Å². The Labute approximate surface area is 97.7 Å². The van der Waals surface area contributed by atoms with Gasteiger partial charge in [-0.15, -0.1) is 0 Å². The number of nitrogens with two attached hydrogens (primary N) is 1. The summed E-state index contributed by atoms with van der Waals surface area (Å²) in [7, 11) is 0. The lowest BCUT2D eigenvalue weighted by atomic mass is 9.85. The van der Waals surface area contributed by atoms with Crippen molar-refractivity contribution in [1.29, 1.82) is 0 Å². The fourth-order valence-electron chi connectivity index (χ4n) is 2.93. The van der Waals surface area contributed by atoms with Gasteiger partial charge in [0.05, 0.1) is 12.2 Å². The summed E-state index contributed by atoms with van der Waals surface area (Å²) in [6, 6.07) is 0. The molecule has 2 heterocycles. The van der Waals surface area contributed by atoms with Gasteiger partial charge < -0.3 is 15.6 Å².